The number of aliphatic hydroxyl groups is 2. The summed E-state index contributed by atoms with van der Waals surface area (Å²) in [6.07, 6.45) is -3.09. The van der Waals surface area contributed by atoms with Gasteiger partial charge in [-0.05, 0) is 12.1 Å². The normalized spacial score (nSPS) is 14.5. The van der Waals surface area contributed by atoms with E-state index in [-0.39, 0.29) is 5.82 Å². The van der Waals surface area contributed by atoms with Crippen LogP contribution in [0.25, 0.3) is 11.0 Å². The number of H-pyrrole nitrogens is 1. The van der Waals surface area contributed by atoms with E-state index in [4.69, 9.17) is 0 Å². The first-order valence-electron chi connectivity index (χ1n) is 5.02. The third-order valence-corrected chi connectivity index (χ3v) is 2.43. The van der Waals surface area contributed by atoms with Crippen LogP contribution in [0.5, 0.6) is 0 Å². The molecule has 0 aliphatic heterocycles. The van der Waals surface area contributed by atoms with Gasteiger partial charge in [0.2, 0.25) is 0 Å². The number of carbonyl (C=O) groups is 1. The Bertz CT molecular complexity index is 504. The lowest BCUT2D eigenvalue weighted by molar-refractivity contribution is -0.157. The molecular weight excluding hydrogens is 224 g/mol. The zero-order valence-corrected chi connectivity index (χ0v) is 9.12. The fourth-order valence-corrected chi connectivity index (χ4v) is 1.51. The summed E-state index contributed by atoms with van der Waals surface area (Å²) in [7, 11) is 1.14. The number of ether oxygens (including phenoxy) is 1. The van der Waals surface area contributed by atoms with E-state index in [0.29, 0.717) is 5.52 Å². The Kier molecular flexibility index (Phi) is 3.08. The molecule has 6 heteroatoms. The molecule has 1 heterocycles. The lowest BCUT2D eigenvalue weighted by atomic mass is 10.2. The maximum absolute atomic E-state index is 11.1. The van der Waals surface area contributed by atoms with Gasteiger partial charge < -0.3 is 19.9 Å². The summed E-state index contributed by atoms with van der Waals surface area (Å²) >= 11 is 0. The van der Waals surface area contributed by atoms with Crippen molar-refractivity contribution < 1.29 is 19.7 Å². The molecule has 17 heavy (non-hydrogen) atoms. The predicted octanol–water partition coefficient (Wildman–Crippen LogP) is 0.130. The average Bonchev–Trinajstić information content (AvgIpc) is 2.79. The van der Waals surface area contributed by atoms with Gasteiger partial charge >= 0.3 is 5.97 Å². The molecule has 0 fully saturated rings. The van der Waals surface area contributed by atoms with Gasteiger partial charge in [-0.1, -0.05) is 12.1 Å². The number of rotatable bonds is 3. The molecule has 0 radical (unpaired) electrons. The van der Waals surface area contributed by atoms with Gasteiger partial charge in [0, 0.05) is 0 Å². The Labute approximate surface area is 96.9 Å². The van der Waals surface area contributed by atoms with Crippen molar-refractivity contribution in [3.05, 3.63) is 30.1 Å². The summed E-state index contributed by atoms with van der Waals surface area (Å²) in [6.45, 7) is 0. The van der Waals surface area contributed by atoms with Gasteiger partial charge in [-0.25, -0.2) is 9.78 Å². The third kappa shape index (κ3) is 2.13. The smallest absolute Gasteiger partial charge is 0.337 e. The van der Waals surface area contributed by atoms with E-state index in [1.165, 1.54) is 0 Å². The number of esters is 1. The number of carbonyl (C=O) groups excluding carboxylic acids is 1. The van der Waals surface area contributed by atoms with Crippen LogP contribution in [0.2, 0.25) is 0 Å². The summed E-state index contributed by atoms with van der Waals surface area (Å²) in [6, 6.07) is 7.15. The number of methoxy groups -OCH3 is 1. The largest absolute Gasteiger partial charge is 0.467 e. The van der Waals surface area contributed by atoms with E-state index in [1.807, 2.05) is 6.07 Å². The minimum absolute atomic E-state index is 0.129. The van der Waals surface area contributed by atoms with Crippen molar-refractivity contribution in [3.63, 3.8) is 0 Å². The monoisotopic (exact) mass is 236 g/mol. The zero-order valence-electron chi connectivity index (χ0n) is 9.12. The first kappa shape index (κ1) is 11.6. The number of nitrogens with one attached hydrogen (secondary N) is 1. The highest BCUT2D eigenvalue weighted by Crippen LogP contribution is 2.18. The summed E-state index contributed by atoms with van der Waals surface area (Å²) in [5.41, 5.74) is 1.37. The summed E-state index contributed by atoms with van der Waals surface area (Å²) in [5, 5.41) is 19.2. The van der Waals surface area contributed by atoms with E-state index < -0.39 is 18.2 Å². The highest BCUT2D eigenvalue weighted by atomic mass is 16.5. The van der Waals surface area contributed by atoms with Gasteiger partial charge in [-0.3, -0.25) is 0 Å². The summed E-state index contributed by atoms with van der Waals surface area (Å²) in [4.78, 5) is 18.0. The van der Waals surface area contributed by atoms with Crippen molar-refractivity contribution in [2.45, 2.75) is 12.2 Å². The lowest BCUT2D eigenvalue weighted by Crippen LogP contribution is -2.29. The molecule has 0 aliphatic rings. The fraction of sp³-hybridized carbons (Fsp3) is 0.273. The van der Waals surface area contributed by atoms with Crippen molar-refractivity contribution >= 4 is 17.0 Å². The molecule has 2 atom stereocenters. The molecule has 0 spiro atoms. The lowest BCUT2D eigenvalue weighted by Gasteiger charge is -2.12. The molecule has 90 valence electrons. The Balaban J connectivity index is 2.30. The van der Waals surface area contributed by atoms with Crippen molar-refractivity contribution in [2.24, 2.45) is 0 Å². The zero-order chi connectivity index (χ0) is 12.4. The van der Waals surface area contributed by atoms with Crippen LogP contribution in [-0.2, 0) is 9.53 Å². The number of aromatic nitrogens is 2. The van der Waals surface area contributed by atoms with E-state index >= 15 is 0 Å². The molecule has 1 aromatic heterocycles. The fourth-order valence-electron chi connectivity index (χ4n) is 1.51. The van der Waals surface area contributed by atoms with Crippen molar-refractivity contribution in [2.75, 3.05) is 7.11 Å². The van der Waals surface area contributed by atoms with E-state index in [9.17, 15) is 15.0 Å². The minimum Gasteiger partial charge on any atom is -0.467 e. The molecular formula is C11H12N2O4. The van der Waals surface area contributed by atoms with Crippen LogP contribution in [0, 0.1) is 0 Å². The number of aromatic amines is 1. The van der Waals surface area contributed by atoms with Crippen LogP contribution in [0.15, 0.2) is 24.3 Å². The molecule has 0 saturated carbocycles. The van der Waals surface area contributed by atoms with Gasteiger partial charge in [0.15, 0.2) is 6.10 Å². The van der Waals surface area contributed by atoms with Crippen LogP contribution in [-0.4, -0.2) is 39.4 Å². The number of fused-ring (bicyclic) bond motifs is 1. The molecule has 0 saturated heterocycles. The molecule has 2 rings (SSSR count). The number of para-hydroxylation sites is 2. The Hall–Kier alpha value is -1.92. The number of imidazole rings is 1. The quantitative estimate of drug-likeness (QED) is 0.658. The van der Waals surface area contributed by atoms with Crippen LogP contribution in [0.1, 0.15) is 11.9 Å². The number of hydrogen-bond donors (Lipinski definition) is 3. The van der Waals surface area contributed by atoms with Crippen LogP contribution >= 0.6 is 0 Å². The van der Waals surface area contributed by atoms with E-state index in [0.717, 1.165) is 12.6 Å². The molecule has 2 aromatic rings. The van der Waals surface area contributed by atoms with Gasteiger partial charge in [-0.15, -0.1) is 0 Å². The Morgan fingerprint density at radius 3 is 2.76 bits per heavy atom. The number of aliphatic hydroxyl groups excluding tert-OH is 2. The van der Waals surface area contributed by atoms with Crippen molar-refractivity contribution in [1.29, 1.82) is 0 Å². The molecule has 1 aromatic carbocycles. The van der Waals surface area contributed by atoms with E-state index in [1.54, 1.807) is 18.2 Å². The predicted molar refractivity (Wildman–Crippen MR) is 59.1 cm³/mol. The SMILES string of the molecule is COC(=O)[C@H](O)[C@@H](O)c1nc2ccccc2[nH]1. The Morgan fingerprint density at radius 2 is 2.12 bits per heavy atom. The van der Waals surface area contributed by atoms with Gasteiger partial charge in [0.25, 0.3) is 0 Å². The first-order chi connectivity index (χ1) is 8.13. The van der Waals surface area contributed by atoms with E-state index in [2.05, 4.69) is 14.7 Å². The molecule has 3 N–H and O–H groups in total. The minimum atomic E-state index is -1.65. The number of nitrogens with zero attached hydrogens (tertiary/aromatic N) is 1. The van der Waals surface area contributed by atoms with Gasteiger partial charge in [0.1, 0.15) is 11.9 Å². The third-order valence-electron chi connectivity index (χ3n) is 2.43. The summed E-state index contributed by atoms with van der Waals surface area (Å²) < 4.78 is 4.34. The van der Waals surface area contributed by atoms with Gasteiger partial charge in [0.05, 0.1) is 18.1 Å². The van der Waals surface area contributed by atoms with Crippen LogP contribution in [0.3, 0.4) is 0 Å². The second-order valence-electron chi connectivity index (χ2n) is 3.55. The van der Waals surface area contributed by atoms with Crippen molar-refractivity contribution in [3.8, 4) is 0 Å². The maximum atomic E-state index is 11.1. The maximum Gasteiger partial charge on any atom is 0.337 e. The average molecular weight is 236 g/mol. The molecule has 6 nitrogen and oxygen atoms in total. The molecule has 0 unspecified atom stereocenters. The standard InChI is InChI=1S/C11H12N2O4/c1-17-11(16)9(15)8(14)10-12-6-4-2-3-5-7(6)13-10/h2-5,8-9,14-15H,1H3,(H,12,13)/t8-,9-/m1/s1. The van der Waals surface area contributed by atoms with Crippen LogP contribution < -0.4 is 0 Å². The van der Waals surface area contributed by atoms with Crippen molar-refractivity contribution in [1.82, 2.24) is 9.97 Å². The molecule has 0 aliphatic carbocycles. The molecule has 0 amide bonds. The first-order valence-corrected chi connectivity index (χ1v) is 5.02. The topological polar surface area (TPSA) is 95.4 Å². The highest BCUT2D eigenvalue weighted by molar-refractivity contribution is 5.77. The number of hydrogen-bond acceptors (Lipinski definition) is 5. The Morgan fingerprint density at radius 1 is 1.41 bits per heavy atom. The van der Waals surface area contributed by atoms with Crippen LogP contribution in [0.4, 0.5) is 0 Å². The second-order valence-corrected chi connectivity index (χ2v) is 3.55. The summed E-state index contributed by atoms with van der Waals surface area (Å²) in [5.74, 6) is -0.776. The van der Waals surface area contributed by atoms with Gasteiger partial charge in [-0.2, -0.15) is 0 Å². The number of benzene rings is 1. The highest BCUT2D eigenvalue weighted by Gasteiger charge is 2.28. The second kappa shape index (κ2) is 4.52. The molecule has 0 bridgehead atoms.